The molecule has 28 heavy (non-hydrogen) atoms. The number of carbonyl (C=O) groups is 1. The molecule has 0 bridgehead atoms. The first-order valence-corrected chi connectivity index (χ1v) is 13.6. The van der Waals surface area contributed by atoms with Crippen LogP contribution in [0.2, 0.25) is 10.0 Å². The lowest BCUT2D eigenvalue weighted by atomic mass is 9.80. The quantitative estimate of drug-likeness (QED) is 0.386. The average Bonchev–Trinajstić information content (AvgIpc) is 2.63. The minimum Gasteiger partial charge on any atom is -0.299 e. The van der Waals surface area contributed by atoms with Crippen molar-refractivity contribution in [2.24, 2.45) is 11.8 Å². The number of halogens is 2. The van der Waals surface area contributed by atoms with Crippen molar-refractivity contribution in [1.82, 2.24) is 0 Å². The van der Waals surface area contributed by atoms with Gasteiger partial charge >= 0.3 is 0 Å². The highest BCUT2D eigenvalue weighted by atomic mass is 35.5. The molecule has 0 amide bonds. The van der Waals surface area contributed by atoms with Gasteiger partial charge in [0.25, 0.3) is 0 Å². The van der Waals surface area contributed by atoms with Crippen molar-refractivity contribution < 1.29 is 13.2 Å². The van der Waals surface area contributed by atoms with E-state index in [0.717, 1.165) is 49.2 Å². The number of hydrogen-bond donors (Lipinski definition) is 0. The van der Waals surface area contributed by atoms with Gasteiger partial charge in [0.15, 0.2) is 9.84 Å². The lowest BCUT2D eigenvalue weighted by molar-refractivity contribution is -0.124. The predicted molar refractivity (Wildman–Crippen MR) is 121 cm³/mol. The van der Waals surface area contributed by atoms with Gasteiger partial charge in [-0.1, -0.05) is 29.3 Å². The second-order valence-corrected chi connectivity index (χ2v) is 12.4. The normalized spacial score (nSPS) is 20.5. The van der Waals surface area contributed by atoms with Crippen LogP contribution in [-0.2, 0) is 20.4 Å². The first-order valence-electron chi connectivity index (χ1n) is 9.95. The van der Waals surface area contributed by atoms with Gasteiger partial charge in [-0.15, -0.1) is 0 Å². The molecule has 7 heteroatoms. The second kappa shape index (κ2) is 11.2. The maximum atomic E-state index is 12.5. The predicted octanol–water partition coefficient (Wildman–Crippen LogP) is 6.21. The number of benzene rings is 1. The summed E-state index contributed by atoms with van der Waals surface area (Å²) in [7, 11) is -2.99. The molecule has 158 valence electrons. The van der Waals surface area contributed by atoms with Crippen LogP contribution in [-0.4, -0.2) is 31.0 Å². The van der Waals surface area contributed by atoms with Crippen LogP contribution in [0.1, 0.15) is 57.9 Å². The molecule has 0 heterocycles. The van der Waals surface area contributed by atoms with E-state index in [0.29, 0.717) is 22.2 Å². The number of thioether (sulfide) groups is 1. The number of rotatable bonds is 10. The van der Waals surface area contributed by atoms with Crippen molar-refractivity contribution in [2.45, 2.75) is 63.4 Å². The SMILES string of the molecule is CC(C)S(=O)(=O)CC1CCC(C(=O)CCCSCc2c(Cl)cccc2Cl)CC1. The summed E-state index contributed by atoms with van der Waals surface area (Å²) in [6, 6.07) is 5.52. The Bertz CT molecular complexity index is 735. The zero-order valence-corrected chi connectivity index (χ0v) is 19.8. The zero-order chi connectivity index (χ0) is 20.7. The topological polar surface area (TPSA) is 51.2 Å². The maximum Gasteiger partial charge on any atom is 0.152 e. The van der Waals surface area contributed by atoms with Gasteiger partial charge in [-0.25, -0.2) is 8.42 Å². The summed E-state index contributed by atoms with van der Waals surface area (Å²) in [6.45, 7) is 3.48. The molecule has 0 atom stereocenters. The van der Waals surface area contributed by atoms with Crippen molar-refractivity contribution in [1.29, 1.82) is 0 Å². The van der Waals surface area contributed by atoms with Gasteiger partial charge in [-0.05, 0) is 75.3 Å². The molecular weight excluding hydrogens is 435 g/mol. The van der Waals surface area contributed by atoms with E-state index in [1.54, 1.807) is 25.6 Å². The van der Waals surface area contributed by atoms with Crippen LogP contribution in [0.3, 0.4) is 0 Å². The van der Waals surface area contributed by atoms with Crippen LogP contribution < -0.4 is 0 Å². The monoisotopic (exact) mass is 464 g/mol. The van der Waals surface area contributed by atoms with Gasteiger partial charge in [0, 0.05) is 28.1 Å². The number of hydrogen-bond acceptors (Lipinski definition) is 4. The molecule has 0 radical (unpaired) electrons. The fourth-order valence-corrected chi connectivity index (χ4v) is 6.64. The molecule has 1 aliphatic carbocycles. The number of carbonyl (C=O) groups excluding carboxylic acids is 1. The second-order valence-electron chi connectivity index (χ2n) is 7.92. The zero-order valence-electron chi connectivity index (χ0n) is 16.6. The fraction of sp³-hybridized carbons (Fsp3) is 0.667. The molecule has 0 saturated heterocycles. The van der Waals surface area contributed by atoms with Gasteiger partial charge < -0.3 is 0 Å². The first-order chi connectivity index (χ1) is 13.2. The Balaban J connectivity index is 1.65. The molecule has 3 nitrogen and oxygen atoms in total. The van der Waals surface area contributed by atoms with Gasteiger partial charge in [0.05, 0.1) is 11.0 Å². The van der Waals surface area contributed by atoms with Crippen molar-refractivity contribution in [3.8, 4) is 0 Å². The first kappa shape index (κ1) is 24.0. The summed E-state index contributed by atoms with van der Waals surface area (Å²) in [4.78, 5) is 12.5. The Morgan fingerprint density at radius 2 is 1.75 bits per heavy atom. The smallest absolute Gasteiger partial charge is 0.152 e. The number of Topliss-reactive ketones (excluding diaryl/α,β-unsaturated/α-hetero) is 1. The summed E-state index contributed by atoms with van der Waals surface area (Å²) in [5, 5.41) is 1.06. The van der Waals surface area contributed by atoms with Crippen LogP contribution in [0.4, 0.5) is 0 Å². The van der Waals surface area contributed by atoms with Crippen LogP contribution >= 0.6 is 35.0 Å². The van der Waals surface area contributed by atoms with E-state index in [4.69, 9.17) is 23.2 Å². The molecule has 2 rings (SSSR count). The maximum absolute atomic E-state index is 12.5. The molecule has 1 aromatic carbocycles. The molecular formula is C21H30Cl2O3S2. The highest BCUT2D eigenvalue weighted by Gasteiger charge is 2.29. The average molecular weight is 466 g/mol. The minimum absolute atomic E-state index is 0.112. The molecule has 1 saturated carbocycles. The van der Waals surface area contributed by atoms with Crippen LogP contribution in [0, 0.1) is 11.8 Å². The standard InChI is InChI=1S/C21H30Cl2O3S2/c1-15(2)28(25,26)14-16-8-10-17(11-9-16)21(24)7-4-12-27-13-18-19(22)5-3-6-20(18)23/h3,5-6,15-17H,4,7-14H2,1-2H3. The molecule has 1 aliphatic rings. The largest absolute Gasteiger partial charge is 0.299 e. The summed E-state index contributed by atoms with van der Waals surface area (Å²) >= 11 is 14.1. The van der Waals surface area contributed by atoms with Crippen molar-refractivity contribution >= 4 is 50.6 Å². The summed E-state index contributed by atoms with van der Waals surface area (Å²) < 4.78 is 24.2. The van der Waals surface area contributed by atoms with Crippen LogP contribution in [0.15, 0.2) is 18.2 Å². The molecule has 0 aromatic heterocycles. The van der Waals surface area contributed by atoms with Gasteiger partial charge in [0.1, 0.15) is 5.78 Å². The molecule has 1 fully saturated rings. The van der Waals surface area contributed by atoms with Crippen molar-refractivity contribution in [3.63, 3.8) is 0 Å². The molecule has 0 spiro atoms. The summed E-state index contributed by atoms with van der Waals surface area (Å²) in [6.07, 6.45) is 4.82. The van der Waals surface area contributed by atoms with Crippen molar-refractivity contribution in [3.05, 3.63) is 33.8 Å². The van der Waals surface area contributed by atoms with Crippen LogP contribution in [0.25, 0.3) is 0 Å². The van der Waals surface area contributed by atoms with E-state index in [1.165, 1.54) is 0 Å². The van der Waals surface area contributed by atoms with E-state index in [2.05, 4.69) is 0 Å². The van der Waals surface area contributed by atoms with Crippen molar-refractivity contribution in [2.75, 3.05) is 11.5 Å². The Kier molecular flexibility index (Phi) is 9.65. The minimum atomic E-state index is -2.99. The Labute approximate surface area is 183 Å². The fourth-order valence-electron chi connectivity index (χ4n) is 3.57. The Morgan fingerprint density at radius 1 is 1.14 bits per heavy atom. The highest BCUT2D eigenvalue weighted by Crippen LogP contribution is 2.32. The molecule has 0 N–H and O–H groups in total. The van der Waals surface area contributed by atoms with E-state index in [1.807, 2.05) is 18.2 Å². The molecule has 0 unspecified atom stereocenters. The van der Waals surface area contributed by atoms with E-state index >= 15 is 0 Å². The third-order valence-corrected chi connectivity index (χ3v) is 9.66. The van der Waals surface area contributed by atoms with Gasteiger partial charge in [-0.3, -0.25) is 4.79 Å². The lowest BCUT2D eigenvalue weighted by Crippen LogP contribution is -2.28. The number of ketones is 1. The summed E-state index contributed by atoms with van der Waals surface area (Å²) in [5.74, 6) is 2.58. The van der Waals surface area contributed by atoms with Crippen LogP contribution in [0.5, 0.6) is 0 Å². The summed E-state index contributed by atoms with van der Waals surface area (Å²) in [5.41, 5.74) is 0.955. The third kappa shape index (κ3) is 7.23. The lowest BCUT2D eigenvalue weighted by Gasteiger charge is -2.28. The third-order valence-electron chi connectivity index (χ3n) is 5.51. The molecule has 0 aliphatic heterocycles. The number of sulfone groups is 1. The van der Waals surface area contributed by atoms with E-state index < -0.39 is 9.84 Å². The molecule has 1 aromatic rings. The van der Waals surface area contributed by atoms with E-state index in [9.17, 15) is 13.2 Å². The highest BCUT2D eigenvalue weighted by molar-refractivity contribution is 7.98. The van der Waals surface area contributed by atoms with Gasteiger partial charge in [-0.2, -0.15) is 11.8 Å². The Morgan fingerprint density at radius 3 is 2.32 bits per heavy atom. The van der Waals surface area contributed by atoms with Gasteiger partial charge in [0.2, 0.25) is 0 Å². The van der Waals surface area contributed by atoms with E-state index in [-0.39, 0.29) is 22.8 Å². The Hall–Kier alpha value is -0.230.